The zero-order valence-corrected chi connectivity index (χ0v) is 20.3. The Balaban J connectivity index is 1.61. The van der Waals surface area contributed by atoms with Crippen LogP contribution in [0.3, 0.4) is 0 Å². The third-order valence-electron chi connectivity index (χ3n) is 4.43. The Morgan fingerprint density at radius 1 is 0.618 bits per heavy atom. The molecule has 0 atom stereocenters. The minimum Gasteiger partial charge on any atom is -0.355 e. The molecule has 2 aromatic carbocycles. The second kappa shape index (κ2) is 14.6. The predicted octanol–water partition coefficient (Wildman–Crippen LogP) is -0.502. The first-order valence-corrected chi connectivity index (χ1v) is 11.5. The van der Waals surface area contributed by atoms with Gasteiger partial charge in [-0.2, -0.15) is 0 Å². The van der Waals surface area contributed by atoms with E-state index < -0.39 is 0 Å². The van der Waals surface area contributed by atoms with Gasteiger partial charge in [-0.05, 0) is 71.4 Å². The van der Waals surface area contributed by atoms with E-state index in [0.717, 1.165) is 37.1 Å². The van der Waals surface area contributed by atoms with Crippen LogP contribution in [-0.4, -0.2) is 36.9 Å². The first-order chi connectivity index (χ1) is 16.3. The molecule has 182 valence electrons. The number of unbranched alkanes of at least 4 members (excludes halogenated alkanes) is 3. The number of nitrogens with zero attached hydrogens (tertiary/aromatic N) is 2. The fraction of sp³-hybridized carbons (Fsp3) is 0.273. The van der Waals surface area contributed by atoms with Gasteiger partial charge in [-0.3, -0.25) is 21.5 Å². The van der Waals surface area contributed by atoms with Crippen molar-refractivity contribution in [1.82, 2.24) is 0 Å². The molecule has 0 unspecified atom stereocenters. The molecule has 0 heterocycles. The number of guanidine groups is 4. The smallest absolute Gasteiger partial charge is 0.355 e. The van der Waals surface area contributed by atoms with Gasteiger partial charge in [0, 0.05) is 21.4 Å². The molecule has 34 heavy (non-hydrogen) atoms. The third-order valence-corrected chi connectivity index (χ3v) is 4.93. The number of anilines is 2. The van der Waals surface area contributed by atoms with Crippen LogP contribution in [0.15, 0.2) is 58.5 Å². The van der Waals surface area contributed by atoms with Crippen LogP contribution in [0, 0.1) is 0 Å². The summed E-state index contributed by atoms with van der Waals surface area (Å²) >= 11 is 11.7. The monoisotopic (exact) mass is 506 g/mol. The number of halogens is 2. The van der Waals surface area contributed by atoms with Crippen molar-refractivity contribution in [2.24, 2.45) is 32.9 Å². The Morgan fingerprint density at radius 2 is 0.971 bits per heavy atom. The summed E-state index contributed by atoms with van der Waals surface area (Å²) in [4.78, 5) is 14.3. The molecule has 0 fully saturated rings. The number of nitrogens with two attached hydrogens (primary N) is 4. The average Bonchev–Trinajstić information content (AvgIpc) is 2.78. The predicted molar refractivity (Wildman–Crippen MR) is 142 cm³/mol. The van der Waals surface area contributed by atoms with Gasteiger partial charge in [0.2, 0.25) is 0 Å². The molecule has 12 heteroatoms. The SMILES string of the molecule is NC(=NC(N)=[NH+]CCCCCC[NH+]=C(N)N=C(N)Nc1ccc(Cl)cc1)Nc1ccc(Cl)cc1. The van der Waals surface area contributed by atoms with Crippen LogP contribution in [0.25, 0.3) is 0 Å². The molecule has 2 aromatic rings. The summed E-state index contributed by atoms with van der Waals surface area (Å²) < 4.78 is 0. The number of hydrogen-bond acceptors (Lipinski definition) is 0. The highest BCUT2D eigenvalue weighted by Gasteiger charge is 2.04. The van der Waals surface area contributed by atoms with Crippen molar-refractivity contribution in [3.63, 3.8) is 0 Å². The molecule has 12 N–H and O–H groups in total. The largest absolute Gasteiger partial charge is 0.385 e. The van der Waals surface area contributed by atoms with Gasteiger partial charge in [-0.25, -0.2) is 0 Å². The van der Waals surface area contributed by atoms with Crippen LogP contribution < -0.4 is 43.6 Å². The van der Waals surface area contributed by atoms with Crippen molar-refractivity contribution in [3.8, 4) is 0 Å². The van der Waals surface area contributed by atoms with Crippen LogP contribution in [0.5, 0.6) is 0 Å². The molecule has 0 saturated heterocycles. The van der Waals surface area contributed by atoms with Gasteiger partial charge in [0.15, 0.2) is 0 Å². The summed E-state index contributed by atoms with van der Waals surface area (Å²) in [5.41, 5.74) is 25.0. The first kappa shape index (κ1) is 26.7. The van der Waals surface area contributed by atoms with Gasteiger partial charge in [-0.15, -0.1) is 0 Å². The lowest BCUT2D eigenvalue weighted by atomic mass is 10.2. The van der Waals surface area contributed by atoms with Gasteiger partial charge in [-0.1, -0.05) is 36.0 Å². The van der Waals surface area contributed by atoms with Crippen molar-refractivity contribution in [2.75, 3.05) is 23.7 Å². The van der Waals surface area contributed by atoms with E-state index in [-0.39, 0.29) is 23.8 Å². The van der Waals surface area contributed by atoms with Gasteiger partial charge in [0.05, 0.1) is 13.1 Å². The number of nitrogens with one attached hydrogen (secondary N) is 4. The molecular formula is C22H32Cl2N10+2. The maximum Gasteiger partial charge on any atom is 0.385 e. The van der Waals surface area contributed by atoms with Gasteiger partial charge >= 0.3 is 11.9 Å². The van der Waals surface area contributed by atoms with E-state index >= 15 is 0 Å². The van der Waals surface area contributed by atoms with Gasteiger partial charge in [0.1, 0.15) is 0 Å². The van der Waals surface area contributed by atoms with Crippen LogP contribution in [-0.2, 0) is 0 Å². The van der Waals surface area contributed by atoms with E-state index in [4.69, 9.17) is 46.1 Å². The second-order valence-electron chi connectivity index (χ2n) is 7.30. The highest BCUT2D eigenvalue weighted by atomic mass is 35.5. The second-order valence-corrected chi connectivity index (χ2v) is 8.17. The van der Waals surface area contributed by atoms with Crippen molar-refractivity contribution in [2.45, 2.75) is 25.7 Å². The molecule has 10 nitrogen and oxygen atoms in total. The maximum absolute atomic E-state index is 5.86. The Bertz CT molecular complexity index is 931. The summed E-state index contributed by atoms with van der Waals surface area (Å²) in [5.74, 6) is 0.897. The minimum atomic E-state index is 0.193. The summed E-state index contributed by atoms with van der Waals surface area (Å²) in [6.45, 7) is 1.39. The molecule has 0 saturated carbocycles. The summed E-state index contributed by atoms with van der Waals surface area (Å²) in [5, 5.41) is 7.18. The zero-order chi connectivity index (χ0) is 24.8. The quantitative estimate of drug-likeness (QED) is 0.129. The van der Waals surface area contributed by atoms with Gasteiger partial charge < -0.3 is 22.1 Å². The molecule has 0 aliphatic heterocycles. The highest BCUT2D eigenvalue weighted by molar-refractivity contribution is 6.31. The number of hydrogen-bond donors (Lipinski definition) is 8. The van der Waals surface area contributed by atoms with Crippen LogP contribution >= 0.6 is 23.2 Å². The fourth-order valence-electron chi connectivity index (χ4n) is 2.79. The number of benzene rings is 2. The molecule has 0 spiro atoms. The zero-order valence-electron chi connectivity index (χ0n) is 18.8. The van der Waals surface area contributed by atoms with Crippen LogP contribution in [0.1, 0.15) is 25.7 Å². The first-order valence-electron chi connectivity index (χ1n) is 10.8. The third kappa shape index (κ3) is 11.4. The lowest BCUT2D eigenvalue weighted by Crippen LogP contribution is -2.75. The Labute approximate surface area is 209 Å². The standard InChI is InChI=1S/C22H30Cl2N10/c23-15-5-9-17(10-6-15)31-21(27)33-19(25)29-13-3-1-2-4-14-30-20(26)34-22(28)32-18-11-7-16(24)8-12-18/h5-12H,1-4,13-14H2,(H5,25,27,29,31,33)(H5,26,28,30,32,34)/p+2. The van der Waals surface area contributed by atoms with E-state index in [1.165, 1.54) is 0 Å². The molecule has 0 aliphatic rings. The van der Waals surface area contributed by atoms with E-state index in [2.05, 4.69) is 30.6 Å². The van der Waals surface area contributed by atoms with Crippen LogP contribution in [0.4, 0.5) is 11.4 Å². The lowest BCUT2D eigenvalue weighted by molar-refractivity contribution is -0.462. The molecule has 0 aromatic heterocycles. The van der Waals surface area contributed by atoms with Gasteiger partial charge in [0.25, 0.3) is 11.9 Å². The molecule has 0 bridgehead atoms. The molecule has 2 rings (SSSR count). The minimum absolute atomic E-state index is 0.193. The maximum atomic E-state index is 5.86. The average molecular weight is 507 g/mol. The molecule has 0 amide bonds. The van der Waals surface area contributed by atoms with Crippen molar-refractivity contribution < 1.29 is 9.98 Å². The Hall–Kier alpha value is -3.50. The molecular weight excluding hydrogens is 475 g/mol. The van der Waals surface area contributed by atoms with E-state index in [1.54, 1.807) is 48.5 Å². The Kier molecular flexibility index (Phi) is 11.5. The molecule has 0 radical (unpaired) electrons. The summed E-state index contributed by atoms with van der Waals surface area (Å²) in [7, 11) is 0. The lowest BCUT2D eigenvalue weighted by Gasteiger charge is -2.02. The number of rotatable bonds is 9. The van der Waals surface area contributed by atoms with E-state index in [1.807, 2.05) is 0 Å². The Morgan fingerprint density at radius 3 is 1.32 bits per heavy atom. The normalized spacial score (nSPS) is 13.1. The van der Waals surface area contributed by atoms with Crippen LogP contribution in [0.2, 0.25) is 10.0 Å². The summed E-state index contributed by atoms with van der Waals surface area (Å²) in [6.07, 6.45) is 3.92. The summed E-state index contributed by atoms with van der Waals surface area (Å²) in [6, 6.07) is 14.2. The van der Waals surface area contributed by atoms with Crippen molar-refractivity contribution in [3.05, 3.63) is 58.6 Å². The number of aliphatic imine (C=N–C) groups is 2. The molecule has 0 aliphatic carbocycles. The van der Waals surface area contributed by atoms with E-state index in [9.17, 15) is 0 Å². The highest BCUT2D eigenvalue weighted by Crippen LogP contribution is 2.13. The van der Waals surface area contributed by atoms with Crippen molar-refractivity contribution in [1.29, 1.82) is 0 Å². The topological polar surface area (TPSA) is 181 Å². The van der Waals surface area contributed by atoms with Crippen molar-refractivity contribution >= 4 is 58.4 Å². The van der Waals surface area contributed by atoms with E-state index in [0.29, 0.717) is 23.1 Å². The fourth-order valence-corrected chi connectivity index (χ4v) is 3.05.